The molecule has 0 atom stereocenters. The van der Waals surface area contributed by atoms with Gasteiger partial charge in [-0.15, -0.1) is 0 Å². The van der Waals surface area contributed by atoms with Gasteiger partial charge in [0.15, 0.2) is 0 Å². The van der Waals surface area contributed by atoms with Gasteiger partial charge >= 0.3 is 0 Å². The summed E-state index contributed by atoms with van der Waals surface area (Å²) in [6, 6.07) is 13.0. The number of benzene rings is 2. The van der Waals surface area contributed by atoms with Crippen LogP contribution in [0, 0.1) is 6.92 Å². The van der Waals surface area contributed by atoms with Crippen LogP contribution in [0.5, 0.6) is 17.2 Å². The summed E-state index contributed by atoms with van der Waals surface area (Å²) in [7, 11) is 3.20. The van der Waals surface area contributed by atoms with Crippen molar-refractivity contribution < 1.29 is 19.3 Å². The molecular formula is C20H21NO4. The van der Waals surface area contributed by atoms with Crippen molar-refractivity contribution in [1.29, 1.82) is 0 Å². The second-order valence-electron chi connectivity index (χ2n) is 5.70. The molecule has 0 unspecified atom stereocenters. The highest BCUT2D eigenvalue weighted by atomic mass is 16.5. The number of phenolic OH excluding ortho intramolecular Hbond substituents is 1. The third kappa shape index (κ3) is 3.51. The van der Waals surface area contributed by atoms with Crippen LogP contribution >= 0.6 is 0 Å². The molecule has 130 valence electrons. The molecule has 3 aromatic rings. The summed E-state index contributed by atoms with van der Waals surface area (Å²) in [6.45, 7) is 2.98. The molecule has 2 aromatic carbocycles. The molecule has 25 heavy (non-hydrogen) atoms. The Morgan fingerprint density at radius 2 is 1.88 bits per heavy atom. The third-order valence-electron chi connectivity index (χ3n) is 4.04. The number of aromatic nitrogens is 1. The lowest BCUT2D eigenvalue weighted by atomic mass is 10.0. The van der Waals surface area contributed by atoms with Crippen LogP contribution in [-0.2, 0) is 4.74 Å². The Balaban J connectivity index is 2.09. The van der Waals surface area contributed by atoms with Crippen molar-refractivity contribution in [2.24, 2.45) is 0 Å². The van der Waals surface area contributed by atoms with Gasteiger partial charge in [0.25, 0.3) is 0 Å². The highest BCUT2D eigenvalue weighted by Crippen LogP contribution is 2.35. The lowest BCUT2D eigenvalue weighted by Crippen LogP contribution is -2.05. The van der Waals surface area contributed by atoms with Gasteiger partial charge in [0.1, 0.15) is 29.4 Å². The van der Waals surface area contributed by atoms with Crippen LogP contribution in [0.2, 0.25) is 0 Å². The van der Waals surface area contributed by atoms with Gasteiger partial charge in [0.05, 0.1) is 19.4 Å². The molecule has 1 N–H and O–H groups in total. The highest BCUT2D eigenvalue weighted by molar-refractivity contribution is 5.90. The van der Waals surface area contributed by atoms with Crippen LogP contribution < -0.4 is 9.47 Å². The zero-order valence-corrected chi connectivity index (χ0v) is 14.6. The summed E-state index contributed by atoms with van der Waals surface area (Å²) in [5.74, 6) is 1.43. The Bertz CT molecular complexity index is 892. The van der Waals surface area contributed by atoms with Crippen LogP contribution in [0.15, 0.2) is 42.5 Å². The van der Waals surface area contributed by atoms with Crippen LogP contribution in [0.4, 0.5) is 0 Å². The predicted octanol–water partition coefficient (Wildman–Crippen LogP) is 3.95. The largest absolute Gasteiger partial charge is 0.507 e. The summed E-state index contributed by atoms with van der Waals surface area (Å²) in [6.07, 6.45) is 0. The first kappa shape index (κ1) is 17.0. The smallest absolute Gasteiger partial charge is 0.145 e. The molecule has 1 heterocycles. The first-order valence-electron chi connectivity index (χ1n) is 8.03. The van der Waals surface area contributed by atoms with E-state index >= 15 is 0 Å². The van der Waals surface area contributed by atoms with E-state index in [0.29, 0.717) is 36.0 Å². The van der Waals surface area contributed by atoms with Gasteiger partial charge in [-0.2, -0.15) is 0 Å². The normalized spacial score (nSPS) is 10.8. The molecule has 3 rings (SSSR count). The SMILES string of the molecule is COCCOc1cccc2c(C)cc(-c3ccc(OC)cc3O)nc12. The van der Waals surface area contributed by atoms with Gasteiger partial charge in [-0.25, -0.2) is 4.98 Å². The minimum Gasteiger partial charge on any atom is -0.507 e. The molecule has 0 radical (unpaired) electrons. The van der Waals surface area contributed by atoms with Gasteiger partial charge in [-0.3, -0.25) is 0 Å². The monoisotopic (exact) mass is 339 g/mol. The Morgan fingerprint density at radius 1 is 1.04 bits per heavy atom. The fourth-order valence-electron chi connectivity index (χ4n) is 2.74. The minimum atomic E-state index is 0.128. The maximum atomic E-state index is 10.3. The van der Waals surface area contributed by atoms with Crippen molar-refractivity contribution in [1.82, 2.24) is 4.98 Å². The zero-order chi connectivity index (χ0) is 17.8. The quantitative estimate of drug-likeness (QED) is 0.689. The number of ether oxygens (including phenoxy) is 3. The maximum Gasteiger partial charge on any atom is 0.145 e. The molecule has 0 aliphatic rings. The van der Waals surface area contributed by atoms with Gasteiger partial charge < -0.3 is 19.3 Å². The molecule has 0 aliphatic carbocycles. The standard InChI is InChI=1S/C20H21NO4/c1-13-11-17(16-8-7-14(24-3)12-18(16)22)21-20-15(13)5-4-6-19(20)25-10-9-23-2/h4-8,11-12,22H,9-10H2,1-3H3. The number of hydrogen-bond acceptors (Lipinski definition) is 5. The van der Waals surface area contributed by atoms with Crippen molar-refractivity contribution in [2.75, 3.05) is 27.4 Å². The van der Waals surface area contributed by atoms with Crippen molar-refractivity contribution >= 4 is 10.9 Å². The number of rotatable bonds is 6. The molecule has 5 heteroatoms. The summed E-state index contributed by atoms with van der Waals surface area (Å²) in [5.41, 5.74) is 3.17. The highest BCUT2D eigenvalue weighted by Gasteiger charge is 2.12. The Labute approximate surface area is 146 Å². The molecule has 0 saturated carbocycles. The molecule has 0 amide bonds. The fraction of sp³-hybridized carbons (Fsp3) is 0.250. The average Bonchev–Trinajstić information content (AvgIpc) is 2.62. The maximum absolute atomic E-state index is 10.3. The lowest BCUT2D eigenvalue weighted by molar-refractivity contribution is 0.147. The molecule has 0 bridgehead atoms. The van der Waals surface area contributed by atoms with E-state index < -0.39 is 0 Å². The van der Waals surface area contributed by atoms with E-state index in [-0.39, 0.29) is 5.75 Å². The van der Waals surface area contributed by atoms with Gasteiger partial charge in [-0.1, -0.05) is 12.1 Å². The first-order chi connectivity index (χ1) is 12.1. The number of pyridine rings is 1. The Kier molecular flexibility index (Phi) is 5.05. The first-order valence-corrected chi connectivity index (χ1v) is 8.03. The van der Waals surface area contributed by atoms with E-state index in [1.807, 2.05) is 31.2 Å². The summed E-state index contributed by atoms with van der Waals surface area (Å²) in [5, 5.41) is 11.3. The van der Waals surface area contributed by atoms with Crippen molar-refractivity contribution in [3.63, 3.8) is 0 Å². The van der Waals surface area contributed by atoms with Gasteiger partial charge in [0, 0.05) is 24.1 Å². The predicted molar refractivity (Wildman–Crippen MR) is 97.5 cm³/mol. The number of hydrogen-bond donors (Lipinski definition) is 1. The van der Waals surface area contributed by atoms with Crippen LogP contribution in [0.1, 0.15) is 5.56 Å². The number of aromatic hydroxyl groups is 1. The second-order valence-corrected chi connectivity index (χ2v) is 5.70. The summed E-state index contributed by atoms with van der Waals surface area (Å²) < 4.78 is 16.0. The molecular weight excluding hydrogens is 318 g/mol. The summed E-state index contributed by atoms with van der Waals surface area (Å²) >= 11 is 0. The van der Waals surface area contributed by atoms with E-state index in [2.05, 4.69) is 0 Å². The molecule has 0 spiro atoms. The topological polar surface area (TPSA) is 60.8 Å². The molecule has 0 aliphatic heterocycles. The number of para-hydroxylation sites is 1. The Hall–Kier alpha value is -2.79. The van der Waals surface area contributed by atoms with Gasteiger partial charge in [-0.05, 0) is 36.8 Å². The molecule has 1 aromatic heterocycles. The van der Waals surface area contributed by atoms with Crippen LogP contribution in [0.3, 0.4) is 0 Å². The second kappa shape index (κ2) is 7.40. The molecule has 0 saturated heterocycles. The lowest BCUT2D eigenvalue weighted by Gasteiger charge is -2.13. The van der Waals surface area contributed by atoms with E-state index in [0.717, 1.165) is 16.5 Å². The van der Waals surface area contributed by atoms with E-state index in [4.69, 9.17) is 19.2 Å². The van der Waals surface area contributed by atoms with E-state index in [1.165, 1.54) is 0 Å². The number of fused-ring (bicyclic) bond motifs is 1. The average molecular weight is 339 g/mol. The van der Waals surface area contributed by atoms with E-state index in [1.54, 1.807) is 32.4 Å². The fourth-order valence-corrected chi connectivity index (χ4v) is 2.74. The number of phenols is 1. The third-order valence-corrected chi connectivity index (χ3v) is 4.04. The molecule has 0 fully saturated rings. The zero-order valence-electron chi connectivity index (χ0n) is 14.6. The van der Waals surface area contributed by atoms with Crippen LogP contribution in [-0.4, -0.2) is 37.5 Å². The minimum absolute atomic E-state index is 0.128. The summed E-state index contributed by atoms with van der Waals surface area (Å²) in [4.78, 5) is 4.73. The number of nitrogens with zero attached hydrogens (tertiary/aromatic N) is 1. The van der Waals surface area contributed by atoms with Crippen molar-refractivity contribution in [3.05, 3.63) is 48.0 Å². The van der Waals surface area contributed by atoms with Crippen molar-refractivity contribution in [3.8, 4) is 28.5 Å². The number of aryl methyl sites for hydroxylation is 1. The van der Waals surface area contributed by atoms with Crippen molar-refractivity contribution in [2.45, 2.75) is 6.92 Å². The van der Waals surface area contributed by atoms with Gasteiger partial charge in [0.2, 0.25) is 0 Å². The Morgan fingerprint density at radius 3 is 2.60 bits per heavy atom. The van der Waals surface area contributed by atoms with Crippen LogP contribution in [0.25, 0.3) is 22.2 Å². The van der Waals surface area contributed by atoms with E-state index in [9.17, 15) is 5.11 Å². The number of methoxy groups -OCH3 is 2. The molecule has 5 nitrogen and oxygen atoms in total.